The Morgan fingerprint density at radius 2 is 1.95 bits per heavy atom. The molecular weight excluding hydrogens is 464 g/mol. The van der Waals surface area contributed by atoms with Crippen LogP contribution in [0, 0.1) is 30.1 Å². The number of hydrogen-bond acceptors (Lipinski definition) is 6. The number of aromatic nitrogens is 3. The number of carbonyl (C=O) groups is 1. The number of nitriles is 1. The molecule has 37 heavy (non-hydrogen) atoms. The highest BCUT2D eigenvalue weighted by molar-refractivity contribution is 5.97. The molecule has 2 fully saturated rings. The molecule has 2 aliphatic heterocycles. The number of benzene rings is 1. The molecule has 8 nitrogen and oxygen atoms in total. The molecule has 2 saturated heterocycles. The molecule has 6 rings (SSSR count). The third-order valence-corrected chi connectivity index (χ3v) is 8.45. The highest BCUT2D eigenvalue weighted by Crippen LogP contribution is 2.36. The van der Waals surface area contributed by atoms with Gasteiger partial charge in [-0.3, -0.25) is 4.79 Å². The first-order valence-corrected chi connectivity index (χ1v) is 13.5. The lowest BCUT2D eigenvalue weighted by Gasteiger charge is -2.35. The second-order valence-electron chi connectivity index (χ2n) is 10.9. The highest BCUT2D eigenvalue weighted by Gasteiger charge is 2.34. The Labute approximate surface area is 217 Å². The summed E-state index contributed by atoms with van der Waals surface area (Å²) in [5.74, 6) is 1.95. The number of anilines is 1. The maximum Gasteiger partial charge on any atom is 0.258 e. The molecule has 2 aromatic heterocycles. The number of methoxy groups -OCH3 is 1. The van der Waals surface area contributed by atoms with Gasteiger partial charge in [0, 0.05) is 37.5 Å². The van der Waals surface area contributed by atoms with Crippen molar-refractivity contribution in [2.45, 2.75) is 58.4 Å². The number of carbonyl (C=O) groups excluding carboxylic acids is 1. The van der Waals surface area contributed by atoms with Crippen molar-refractivity contribution in [2.24, 2.45) is 11.8 Å². The normalized spacial score (nSPS) is 23.4. The monoisotopic (exact) mass is 498 g/mol. The summed E-state index contributed by atoms with van der Waals surface area (Å²) < 4.78 is 7.50. The Kier molecular flexibility index (Phi) is 6.02. The summed E-state index contributed by atoms with van der Waals surface area (Å²) in [4.78, 5) is 23.1. The van der Waals surface area contributed by atoms with Gasteiger partial charge in [-0.1, -0.05) is 6.92 Å². The number of likely N-dealkylation sites (tertiary alicyclic amines) is 1. The number of fused-ring (bicyclic) bond motifs is 2. The molecule has 192 valence electrons. The minimum atomic E-state index is -0.0977. The molecule has 0 N–H and O–H groups in total. The number of ether oxygens (including phenoxy) is 1. The molecule has 1 amide bonds. The van der Waals surface area contributed by atoms with E-state index < -0.39 is 0 Å². The predicted molar refractivity (Wildman–Crippen MR) is 141 cm³/mol. The van der Waals surface area contributed by atoms with E-state index in [2.05, 4.69) is 30.0 Å². The Morgan fingerprint density at radius 3 is 2.70 bits per heavy atom. The Bertz CT molecular complexity index is 1410. The van der Waals surface area contributed by atoms with Crippen LogP contribution in [0.15, 0.2) is 24.4 Å². The predicted octanol–water partition coefficient (Wildman–Crippen LogP) is 4.50. The van der Waals surface area contributed by atoms with Crippen molar-refractivity contribution in [1.29, 1.82) is 5.26 Å². The fourth-order valence-corrected chi connectivity index (χ4v) is 6.38. The van der Waals surface area contributed by atoms with E-state index in [0.717, 1.165) is 67.8 Å². The molecule has 0 spiro atoms. The fraction of sp³-hybridized carbons (Fsp3) is 0.517. The zero-order chi connectivity index (χ0) is 25.7. The number of amides is 1. The Morgan fingerprint density at radius 1 is 1.14 bits per heavy atom. The van der Waals surface area contributed by atoms with Crippen LogP contribution < -0.4 is 9.64 Å². The van der Waals surface area contributed by atoms with Crippen LogP contribution in [0.5, 0.6) is 5.75 Å². The van der Waals surface area contributed by atoms with Crippen LogP contribution in [0.4, 0.5) is 5.82 Å². The minimum Gasteiger partial charge on any atom is -0.496 e. The van der Waals surface area contributed by atoms with Gasteiger partial charge in [0.05, 0.1) is 36.4 Å². The van der Waals surface area contributed by atoms with Gasteiger partial charge in [0.2, 0.25) is 0 Å². The van der Waals surface area contributed by atoms with Gasteiger partial charge in [0.1, 0.15) is 11.6 Å². The molecular formula is C29H34N6O2. The van der Waals surface area contributed by atoms with E-state index in [0.29, 0.717) is 30.3 Å². The topological polar surface area (TPSA) is 86.8 Å². The van der Waals surface area contributed by atoms with E-state index in [9.17, 15) is 10.1 Å². The zero-order valence-electron chi connectivity index (χ0n) is 21.9. The minimum absolute atomic E-state index is 0.0201. The van der Waals surface area contributed by atoms with Crippen molar-refractivity contribution in [3.8, 4) is 11.8 Å². The van der Waals surface area contributed by atoms with Crippen LogP contribution in [0.1, 0.15) is 71.4 Å². The summed E-state index contributed by atoms with van der Waals surface area (Å²) in [6.07, 6.45) is 8.14. The third kappa shape index (κ3) is 4.11. The number of hydrogen-bond donors (Lipinski definition) is 0. The van der Waals surface area contributed by atoms with Crippen LogP contribution >= 0.6 is 0 Å². The van der Waals surface area contributed by atoms with E-state index in [1.807, 2.05) is 28.6 Å². The third-order valence-electron chi connectivity index (χ3n) is 8.45. The van der Waals surface area contributed by atoms with E-state index in [1.165, 1.54) is 11.1 Å². The summed E-state index contributed by atoms with van der Waals surface area (Å²) in [6.45, 7) is 6.41. The smallest absolute Gasteiger partial charge is 0.258 e. The molecule has 3 aromatic rings. The summed E-state index contributed by atoms with van der Waals surface area (Å²) in [7, 11) is 1.65. The molecule has 0 saturated carbocycles. The quantitative estimate of drug-likeness (QED) is 0.527. The molecule has 8 heteroatoms. The van der Waals surface area contributed by atoms with Crippen LogP contribution in [-0.4, -0.2) is 52.1 Å². The molecule has 1 aromatic carbocycles. The zero-order valence-corrected chi connectivity index (χ0v) is 21.9. The van der Waals surface area contributed by atoms with Crippen molar-refractivity contribution < 1.29 is 9.53 Å². The highest BCUT2D eigenvalue weighted by atomic mass is 16.5. The maximum absolute atomic E-state index is 13.9. The van der Waals surface area contributed by atoms with E-state index in [1.54, 1.807) is 7.11 Å². The maximum atomic E-state index is 13.9. The first-order chi connectivity index (χ1) is 18.0. The molecule has 3 atom stereocenters. The summed E-state index contributed by atoms with van der Waals surface area (Å²) in [5.41, 5.74) is 5.92. The standard InChI is InChI=1S/C29H34N6O2/c1-18-15-33(17-22(18)14-30)28-19(2)16-35-27(31-28)13-24(32-35)25-9-4-5-10-34(25)29(36)23-11-20-7-6-8-21(20)12-26(23)37-3/h11-13,16,18,22,25H,4-10,15,17H2,1-3H3/t18-,22+,25-/m0/s1. The SMILES string of the molecule is COc1cc2c(cc1C(=O)N1CCCC[C@H]1c1cc3nc(N4C[C@@H](C#N)[C@@H](C)C4)c(C)cn3n1)CCC2. The van der Waals surface area contributed by atoms with E-state index in [4.69, 9.17) is 14.8 Å². The molecule has 3 aliphatic rings. The van der Waals surface area contributed by atoms with Crippen LogP contribution in [0.25, 0.3) is 5.65 Å². The molecule has 0 bridgehead atoms. The lowest BCUT2D eigenvalue weighted by atomic mass is 9.97. The molecule has 4 heterocycles. The van der Waals surface area contributed by atoms with Gasteiger partial charge >= 0.3 is 0 Å². The molecule has 0 radical (unpaired) electrons. The van der Waals surface area contributed by atoms with E-state index in [-0.39, 0.29) is 17.9 Å². The average Bonchev–Trinajstić information content (AvgIpc) is 3.64. The lowest BCUT2D eigenvalue weighted by molar-refractivity contribution is 0.0602. The van der Waals surface area contributed by atoms with Crippen LogP contribution in [-0.2, 0) is 12.8 Å². The van der Waals surface area contributed by atoms with Crippen LogP contribution in [0.2, 0.25) is 0 Å². The number of nitrogens with zero attached hydrogens (tertiary/aromatic N) is 6. The largest absolute Gasteiger partial charge is 0.496 e. The first kappa shape index (κ1) is 23.8. The van der Waals surface area contributed by atoms with Gasteiger partial charge in [0.25, 0.3) is 5.91 Å². The summed E-state index contributed by atoms with van der Waals surface area (Å²) in [6, 6.07) is 8.48. The number of piperidine rings is 1. The Balaban J connectivity index is 1.32. The van der Waals surface area contributed by atoms with Gasteiger partial charge < -0.3 is 14.5 Å². The summed E-state index contributed by atoms with van der Waals surface area (Å²) >= 11 is 0. The fourth-order valence-electron chi connectivity index (χ4n) is 6.38. The van der Waals surface area contributed by atoms with Crippen LogP contribution in [0.3, 0.4) is 0 Å². The number of rotatable bonds is 4. The van der Waals surface area contributed by atoms with Gasteiger partial charge in [-0.15, -0.1) is 0 Å². The molecule has 0 unspecified atom stereocenters. The second kappa shape index (κ2) is 9.37. The van der Waals surface area contributed by atoms with Gasteiger partial charge in [0.15, 0.2) is 5.65 Å². The number of aryl methyl sites for hydroxylation is 3. The van der Waals surface area contributed by atoms with Crippen molar-refractivity contribution >= 4 is 17.4 Å². The lowest BCUT2D eigenvalue weighted by Crippen LogP contribution is -2.39. The van der Waals surface area contributed by atoms with E-state index >= 15 is 0 Å². The van der Waals surface area contributed by atoms with Crippen molar-refractivity contribution in [3.05, 3.63) is 52.3 Å². The van der Waals surface area contributed by atoms with Crippen molar-refractivity contribution in [1.82, 2.24) is 19.5 Å². The van der Waals surface area contributed by atoms with Gasteiger partial charge in [-0.2, -0.15) is 10.4 Å². The van der Waals surface area contributed by atoms with Gasteiger partial charge in [-0.05, 0) is 74.6 Å². The molecule has 1 aliphatic carbocycles. The van der Waals surface area contributed by atoms with Crippen molar-refractivity contribution in [2.75, 3.05) is 31.6 Å². The first-order valence-electron chi connectivity index (χ1n) is 13.5. The summed E-state index contributed by atoms with van der Waals surface area (Å²) in [5, 5.41) is 14.4. The average molecular weight is 499 g/mol. The second-order valence-corrected chi connectivity index (χ2v) is 10.9. The Hall–Kier alpha value is -3.60. The van der Waals surface area contributed by atoms with Gasteiger partial charge in [-0.25, -0.2) is 9.50 Å². The van der Waals surface area contributed by atoms with Crippen molar-refractivity contribution in [3.63, 3.8) is 0 Å².